The summed E-state index contributed by atoms with van der Waals surface area (Å²) in [5.41, 5.74) is 0. The smallest absolute Gasteiger partial charge is 0.0576 e. The minimum absolute atomic E-state index is 0.753. The minimum atomic E-state index is 0.753. The van der Waals surface area contributed by atoms with Gasteiger partial charge in [0.15, 0.2) is 0 Å². The first-order valence-corrected chi connectivity index (χ1v) is 5.30. The van der Waals surface area contributed by atoms with Crippen molar-refractivity contribution in [3.8, 4) is 11.8 Å². The van der Waals surface area contributed by atoms with Crippen LogP contribution >= 0.6 is 11.8 Å². The maximum atomic E-state index is 3.28. The van der Waals surface area contributed by atoms with Crippen molar-refractivity contribution in [1.29, 1.82) is 0 Å². The molecule has 0 aliphatic carbocycles. The molecule has 0 radical (unpaired) electrons. The molecular weight excluding hydrogens is 154 g/mol. The van der Waals surface area contributed by atoms with E-state index in [0.717, 1.165) is 19.0 Å². The van der Waals surface area contributed by atoms with Gasteiger partial charge in [0.1, 0.15) is 0 Å². The van der Waals surface area contributed by atoms with Crippen molar-refractivity contribution in [1.82, 2.24) is 5.32 Å². The molecule has 2 heteroatoms. The molecule has 0 aliphatic heterocycles. The molecule has 0 aliphatic rings. The summed E-state index contributed by atoms with van der Waals surface area (Å²) in [7, 11) is 0. The maximum absolute atomic E-state index is 3.28. The van der Waals surface area contributed by atoms with Gasteiger partial charge in [-0.15, -0.1) is 5.92 Å². The van der Waals surface area contributed by atoms with E-state index in [0.29, 0.717) is 0 Å². The Hall–Kier alpha value is -0.130. The Morgan fingerprint density at radius 1 is 1.55 bits per heavy atom. The molecule has 1 atom stereocenters. The van der Waals surface area contributed by atoms with Crippen molar-refractivity contribution in [2.24, 2.45) is 5.92 Å². The monoisotopic (exact) mass is 171 g/mol. The van der Waals surface area contributed by atoms with Gasteiger partial charge in [0.05, 0.1) is 6.54 Å². The molecule has 0 spiro atoms. The van der Waals surface area contributed by atoms with Gasteiger partial charge in [-0.1, -0.05) is 12.8 Å². The van der Waals surface area contributed by atoms with Gasteiger partial charge >= 0.3 is 0 Å². The van der Waals surface area contributed by atoms with Crippen molar-refractivity contribution < 1.29 is 0 Å². The lowest BCUT2D eigenvalue weighted by Crippen LogP contribution is -2.22. The Morgan fingerprint density at radius 2 is 2.27 bits per heavy atom. The van der Waals surface area contributed by atoms with E-state index in [2.05, 4.69) is 30.3 Å². The van der Waals surface area contributed by atoms with Crippen LogP contribution in [0.15, 0.2) is 0 Å². The van der Waals surface area contributed by atoms with Crippen molar-refractivity contribution in [3.63, 3.8) is 0 Å². The second-order valence-corrected chi connectivity index (χ2v) is 3.53. The van der Waals surface area contributed by atoms with Crippen LogP contribution in [0.4, 0.5) is 0 Å². The molecule has 0 aromatic carbocycles. The lowest BCUT2D eigenvalue weighted by atomic mass is 10.2. The van der Waals surface area contributed by atoms with Crippen LogP contribution in [0.1, 0.15) is 13.8 Å². The van der Waals surface area contributed by atoms with Crippen LogP contribution < -0.4 is 5.32 Å². The van der Waals surface area contributed by atoms with Crippen molar-refractivity contribution >= 4 is 11.8 Å². The first-order valence-electron chi connectivity index (χ1n) is 3.90. The molecule has 1 N–H and O–H groups in total. The zero-order valence-electron chi connectivity index (χ0n) is 7.61. The van der Waals surface area contributed by atoms with Crippen LogP contribution in [0.25, 0.3) is 0 Å². The topological polar surface area (TPSA) is 12.0 Å². The maximum Gasteiger partial charge on any atom is 0.0576 e. The largest absolute Gasteiger partial charge is 0.306 e. The first kappa shape index (κ1) is 10.9. The second-order valence-electron chi connectivity index (χ2n) is 2.62. The van der Waals surface area contributed by atoms with Crippen LogP contribution in [-0.2, 0) is 0 Å². The van der Waals surface area contributed by atoms with Gasteiger partial charge < -0.3 is 5.32 Å². The van der Waals surface area contributed by atoms with E-state index in [9.17, 15) is 0 Å². The summed E-state index contributed by atoms with van der Waals surface area (Å²) in [4.78, 5) is 0. The first-order chi connectivity index (χ1) is 5.31. The molecule has 11 heavy (non-hydrogen) atoms. The number of rotatable bonds is 5. The van der Waals surface area contributed by atoms with Crippen LogP contribution in [0.3, 0.4) is 0 Å². The molecule has 0 saturated heterocycles. The van der Waals surface area contributed by atoms with Gasteiger partial charge in [-0.2, -0.15) is 11.8 Å². The molecule has 1 unspecified atom stereocenters. The van der Waals surface area contributed by atoms with Gasteiger partial charge in [-0.05, 0) is 31.4 Å². The van der Waals surface area contributed by atoms with E-state index in [4.69, 9.17) is 0 Å². The molecule has 0 aromatic heterocycles. The van der Waals surface area contributed by atoms with Crippen LogP contribution in [0, 0.1) is 17.8 Å². The van der Waals surface area contributed by atoms with Crippen LogP contribution in [0.5, 0.6) is 0 Å². The molecule has 0 aromatic rings. The Balaban J connectivity index is 3.14. The molecular formula is C9H17NS. The van der Waals surface area contributed by atoms with Gasteiger partial charge in [0.2, 0.25) is 0 Å². The number of hydrogen-bond acceptors (Lipinski definition) is 2. The Bertz CT molecular complexity index is 134. The molecule has 0 saturated carbocycles. The number of hydrogen-bond donors (Lipinski definition) is 1. The lowest BCUT2D eigenvalue weighted by Gasteiger charge is -2.08. The van der Waals surface area contributed by atoms with E-state index in [1.807, 2.05) is 18.7 Å². The van der Waals surface area contributed by atoms with Gasteiger partial charge in [0, 0.05) is 0 Å². The summed E-state index contributed by atoms with van der Waals surface area (Å²) in [6.45, 7) is 6.03. The third-order valence-electron chi connectivity index (χ3n) is 1.33. The molecule has 0 amide bonds. The molecule has 0 heterocycles. The number of nitrogens with one attached hydrogen (secondary N) is 1. The van der Waals surface area contributed by atoms with Gasteiger partial charge in [-0.3, -0.25) is 0 Å². The Kier molecular flexibility index (Phi) is 7.88. The average Bonchev–Trinajstić information content (AvgIpc) is 1.99. The Labute approximate surface area is 74.3 Å². The SMILES string of the molecule is CC#CCNCC(C)CSC. The van der Waals surface area contributed by atoms with Crippen LogP contribution in [0.2, 0.25) is 0 Å². The van der Waals surface area contributed by atoms with Crippen molar-refractivity contribution in [2.45, 2.75) is 13.8 Å². The highest BCUT2D eigenvalue weighted by Gasteiger charge is 1.97. The van der Waals surface area contributed by atoms with Crippen LogP contribution in [-0.4, -0.2) is 25.1 Å². The molecule has 64 valence electrons. The fourth-order valence-electron chi connectivity index (χ4n) is 0.813. The quantitative estimate of drug-likeness (QED) is 0.498. The Morgan fingerprint density at radius 3 is 2.82 bits per heavy atom. The van der Waals surface area contributed by atoms with E-state index >= 15 is 0 Å². The van der Waals surface area contributed by atoms with E-state index in [1.165, 1.54) is 5.75 Å². The van der Waals surface area contributed by atoms with Crippen molar-refractivity contribution in [2.75, 3.05) is 25.1 Å². The normalized spacial score (nSPS) is 11.9. The summed E-state index contributed by atoms with van der Waals surface area (Å²) in [5, 5.41) is 3.28. The standard InChI is InChI=1S/C9H17NS/c1-4-5-6-10-7-9(2)8-11-3/h9-10H,6-8H2,1-3H3. The predicted octanol–water partition coefficient (Wildman–Crippen LogP) is 1.60. The van der Waals surface area contributed by atoms with Gasteiger partial charge in [-0.25, -0.2) is 0 Å². The second kappa shape index (κ2) is 7.97. The summed E-state index contributed by atoms with van der Waals surface area (Å²) < 4.78 is 0. The molecule has 1 nitrogen and oxygen atoms in total. The molecule has 0 fully saturated rings. The predicted molar refractivity (Wildman–Crippen MR) is 53.9 cm³/mol. The van der Waals surface area contributed by atoms with Crippen molar-refractivity contribution in [3.05, 3.63) is 0 Å². The highest BCUT2D eigenvalue weighted by molar-refractivity contribution is 7.98. The summed E-state index contributed by atoms with van der Waals surface area (Å²) >= 11 is 1.90. The number of thioether (sulfide) groups is 1. The summed E-state index contributed by atoms with van der Waals surface area (Å²) in [6, 6.07) is 0. The molecule has 0 rings (SSSR count). The summed E-state index contributed by atoms with van der Waals surface area (Å²) in [6.07, 6.45) is 2.14. The van der Waals surface area contributed by atoms with E-state index < -0.39 is 0 Å². The fourth-order valence-corrected chi connectivity index (χ4v) is 1.50. The third kappa shape index (κ3) is 7.77. The molecule has 0 bridgehead atoms. The summed E-state index contributed by atoms with van der Waals surface area (Å²) in [5.74, 6) is 7.82. The minimum Gasteiger partial charge on any atom is -0.306 e. The average molecular weight is 171 g/mol. The highest BCUT2D eigenvalue weighted by atomic mass is 32.2. The zero-order chi connectivity index (χ0) is 8.53. The van der Waals surface area contributed by atoms with E-state index in [-0.39, 0.29) is 0 Å². The van der Waals surface area contributed by atoms with E-state index in [1.54, 1.807) is 0 Å². The zero-order valence-corrected chi connectivity index (χ0v) is 8.42. The highest BCUT2D eigenvalue weighted by Crippen LogP contribution is 2.01. The van der Waals surface area contributed by atoms with Gasteiger partial charge in [0.25, 0.3) is 0 Å². The third-order valence-corrected chi connectivity index (χ3v) is 2.24. The fraction of sp³-hybridized carbons (Fsp3) is 0.778. The lowest BCUT2D eigenvalue weighted by molar-refractivity contribution is 0.588.